The number of benzene rings is 1. The Hall–Kier alpha value is -1.23. The number of sulfone groups is 1. The van der Waals surface area contributed by atoms with Gasteiger partial charge >= 0.3 is 0 Å². The van der Waals surface area contributed by atoms with Crippen LogP contribution in [0.25, 0.3) is 0 Å². The number of rotatable bonds is 1. The van der Waals surface area contributed by atoms with Crippen molar-refractivity contribution < 1.29 is 13.2 Å². The molecule has 0 amide bonds. The van der Waals surface area contributed by atoms with Crippen molar-refractivity contribution >= 4 is 15.5 Å². The molecule has 0 radical (unpaired) electrons. The highest BCUT2D eigenvalue weighted by molar-refractivity contribution is 7.93. The lowest BCUT2D eigenvalue weighted by atomic mass is 10.1. The first-order valence-corrected chi connectivity index (χ1v) is 7.74. The van der Waals surface area contributed by atoms with Gasteiger partial charge in [-0.15, -0.1) is 0 Å². The van der Waals surface area contributed by atoms with Gasteiger partial charge in [0, 0.05) is 12.6 Å². The molecule has 1 aromatic carbocycles. The van der Waals surface area contributed by atoms with Gasteiger partial charge in [-0.3, -0.25) is 0 Å². The molecule has 3 rings (SSSR count). The van der Waals surface area contributed by atoms with Gasteiger partial charge in [0.05, 0.1) is 22.4 Å². The summed E-state index contributed by atoms with van der Waals surface area (Å²) in [4.78, 5) is 0.398. The van der Waals surface area contributed by atoms with Gasteiger partial charge in [-0.25, -0.2) is 8.42 Å². The molecule has 0 bridgehead atoms. The maximum absolute atomic E-state index is 12.8. The molecule has 1 aromatic rings. The van der Waals surface area contributed by atoms with Gasteiger partial charge in [0.25, 0.3) is 0 Å². The van der Waals surface area contributed by atoms with Gasteiger partial charge in [0.2, 0.25) is 0 Å². The lowest BCUT2D eigenvalue weighted by molar-refractivity contribution is 0.413. The summed E-state index contributed by atoms with van der Waals surface area (Å²) in [5, 5.41) is 3.27. The third-order valence-electron chi connectivity index (χ3n) is 4.16. The summed E-state index contributed by atoms with van der Waals surface area (Å²) in [6, 6.07) is 5.21. The fraction of sp³-hybridized carbons (Fsp3) is 0.538. The standard InChI is InChI=1S/C13H17NO3S/c1-17-10-4-5-11-12(8-10)18(15,16)13(9-14-11)6-2-3-7-13/h4-5,8,14H,2-3,6-7,9H2,1H3. The van der Waals surface area contributed by atoms with E-state index in [0.29, 0.717) is 22.9 Å². The molecule has 0 unspecified atom stereocenters. The molecule has 0 aromatic heterocycles. The van der Waals surface area contributed by atoms with Crippen LogP contribution >= 0.6 is 0 Å². The molecule has 18 heavy (non-hydrogen) atoms. The second-order valence-corrected chi connectivity index (χ2v) is 7.42. The van der Waals surface area contributed by atoms with Gasteiger partial charge in [-0.05, 0) is 25.0 Å². The number of anilines is 1. The number of ether oxygens (including phenoxy) is 1. The Bertz CT molecular complexity index is 574. The average Bonchev–Trinajstić information content (AvgIpc) is 2.85. The first-order chi connectivity index (χ1) is 8.59. The lowest BCUT2D eigenvalue weighted by Crippen LogP contribution is -2.45. The van der Waals surface area contributed by atoms with Gasteiger partial charge in [0.15, 0.2) is 9.84 Å². The van der Waals surface area contributed by atoms with Crippen LogP contribution in [0.2, 0.25) is 0 Å². The number of nitrogens with one attached hydrogen (secondary N) is 1. The van der Waals surface area contributed by atoms with Crippen LogP contribution in [-0.4, -0.2) is 26.8 Å². The largest absolute Gasteiger partial charge is 0.497 e. The minimum Gasteiger partial charge on any atom is -0.497 e. The molecule has 1 aliphatic heterocycles. The Morgan fingerprint density at radius 3 is 2.67 bits per heavy atom. The highest BCUT2D eigenvalue weighted by atomic mass is 32.2. The quantitative estimate of drug-likeness (QED) is 0.847. The third-order valence-corrected chi connectivity index (χ3v) is 6.77. The van der Waals surface area contributed by atoms with Crippen LogP contribution in [0.5, 0.6) is 5.75 Å². The van der Waals surface area contributed by atoms with E-state index < -0.39 is 14.6 Å². The van der Waals surface area contributed by atoms with Crippen LogP contribution in [0.3, 0.4) is 0 Å². The Morgan fingerprint density at radius 2 is 2.00 bits per heavy atom. The smallest absolute Gasteiger partial charge is 0.187 e. The number of hydrogen-bond acceptors (Lipinski definition) is 4. The predicted molar refractivity (Wildman–Crippen MR) is 69.9 cm³/mol. The van der Waals surface area contributed by atoms with Crippen molar-refractivity contribution in [3.8, 4) is 5.75 Å². The molecule has 1 aliphatic carbocycles. The predicted octanol–water partition coefficient (Wildman–Crippen LogP) is 2.21. The van der Waals surface area contributed by atoms with Crippen molar-refractivity contribution in [2.75, 3.05) is 19.0 Å². The van der Waals surface area contributed by atoms with E-state index in [1.807, 2.05) is 0 Å². The van der Waals surface area contributed by atoms with Crippen molar-refractivity contribution in [1.29, 1.82) is 0 Å². The van der Waals surface area contributed by atoms with Crippen LogP contribution in [0, 0.1) is 0 Å². The van der Waals surface area contributed by atoms with Crippen LogP contribution < -0.4 is 10.1 Å². The van der Waals surface area contributed by atoms with Crippen molar-refractivity contribution in [2.24, 2.45) is 0 Å². The molecule has 1 heterocycles. The van der Waals surface area contributed by atoms with Crippen molar-refractivity contribution in [3.63, 3.8) is 0 Å². The highest BCUT2D eigenvalue weighted by Crippen LogP contribution is 2.46. The molecule has 2 aliphatic rings. The summed E-state index contributed by atoms with van der Waals surface area (Å²) in [5.41, 5.74) is 0.702. The Morgan fingerprint density at radius 1 is 1.28 bits per heavy atom. The van der Waals surface area contributed by atoms with E-state index in [1.165, 1.54) is 0 Å². The Balaban J connectivity index is 2.16. The number of methoxy groups -OCH3 is 1. The molecule has 1 saturated carbocycles. The molecule has 4 nitrogen and oxygen atoms in total. The summed E-state index contributed by atoms with van der Waals surface area (Å²) in [6.07, 6.45) is 3.53. The van der Waals surface area contributed by atoms with E-state index in [9.17, 15) is 8.42 Å². The van der Waals surface area contributed by atoms with E-state index in [4.69, 9.17) is 4.74 Å². The second-order valence-electron chi connectivity index (χ2n) is 5.11. The number of fused-ring (bicyclic) bond motifs is 1. The molecule has 98 valence electrons. The SMILES string of the molecule is COc1ccc2c(c1)S(=O)(=O)C1(CCCC1)CN2. The first kappa shape index (κ1) is 11.8. The fourth-order valence-corrected chi connectivity index (χ4v) is 5.30. The molecular formula is C13H17NO3S. The normalized spacial score (nSPS) is 23.4. The molecule has 1 spiro atoms. The fourth-order valence-electron chi connectivity index (χ4n) is 3.05. The minimum atomic E-state index is -3.26. The van der Waals surface area contributed by atoms with Gasteiger partial charge in [0.1, 0.15) is 5.75 Å². The average molecular weight is 267 g/mol. The van der Waals surface area contributed by atoms with E-state index in [-0.39, 0.29) is 0 Å². The Labute approximate surface area is 107 Å². The summed E-state index contributed by atoms with van der Waals surface area (Å²) in [5.74, 6) is 0.592. The maximum atomic E-state index is 12.8. The van der Waals surface area contributed by atoms with Gasteiger partial charge in [-0.2, -0.15) is 0 Å². The van der Waals surface area contributed by atoms with Gasteiger partial charge in [-0.1, -0.05) is 12.8 Å². The lowest BCUT2D eigenvalue weighted by Gasteiger charge is -2.35. The zero-order valence-corrected chi connectivity index (χ0v) is 11.2. The van der Waals surface area contributed by atoms with E-state index in [2.05, 4.69) is 5.32 Å². The van der Waals surface area contributed by atoms with Crippen molar-refractivity contribution in [3.05, 3.63) is 18.2 Å². The van der Waals surface area contributed by atoms with E-state index in [0.717, 1.165) is 25.7 Å². The van der Waals surface area contributed by atoms with Crippen LogP contribution in [0.15, 0.2) is 23.1 Å². The van der Waals surface area contributed by atoms with Crippen LogP contribution in [0.4, 0.5) is 5.69 Å². The summed E-state index contributed by atoms with van der Waals surface area (Å²) >= 11 is 0. The monoisotopic (exact) mass is 267 g/mol. The third kappa shape index (κ3) is 1.46. The van der Waals surface area contributed by atoms with Gasteiger partial charge < -0.3 is 10.1 Å². The minimum absolute atomic E-state index is 0.398. The summed E-state index contributed by atoms with van der Waals surface area (Å²) in [7, 11) is -1.71. The maximum Gasteiger partial charge on any atom is 0.187 e. The topological polar surface area (TPSA) is 55.4 Å². The molecule has 1 fully saturated rings. The summed E-state index contributed by atoms with van der Waals surface area (Å²) < 4.78 is 30.1. The zero-order valence-electron chi connectivity index (χ0n) is 10.4. The molecule has 1 N–H and O–H groups in total. The van der Waals surface area contributed by atoms with Crippen molar-refractivity contribution in [2.45, 2.75) is 35.3 Å². The molecule has 0 saturated heterocycles. The summed E-state index contributed by atoms with van der Waals surface area (Å²) in [6.45, 7) is 0.536. The zero-order chi connectivity index (χ0) is 12.8. The number of hydrogen-bond donors (Lipinski definition) is 1. The van der Waals surface area contributed by atoms with Crippen LogP contribution in [0.1, 0.15) is 25.7 Å². The van der Waals surface area contributed by atoms with E-state index >= 15 is 0 Å². The highest BCUT2D eigenvalue weighted by Gasteiger charge is 2.49. The molecular weight excluding hydrogens is 250 g/mol. The Kier molecular flexibility index (Phi) is 2.55. The molecule has 5 heteroatoms. The first-order valence-electron chi connectivity index (χ1n) is 6.26. The second kappa shape index (κ2) is 3.88. The van der Waals surface area contributed by atoms with Crippen LogP contribution in [-0.2, 0) is 9.84 Å². The van der Waals surface area contributed by atoms with E-state index in [1.54, 1.807) is 25.3 Å². The molecule has 0 atom stereocenters. The van der Waals surface area contributed by atoms with Crippen molar-refractivity contribution in [1.82, 2.24) is 0 Å².